The van der Waals surface area contributed by atoms with Crippen molar-refractivity contribution in [2.45, 2.75) is 64.5 Å². The summed E-state index contributed by atoms with van der Waals surface area (Å²) in [5.41, 5.74) is 4.03. The Morgan fingerprint density at radius 2 is 1.58 bits per heavy atom. The second-order valence-corrected chi connectivity index (χ2v) is 7.43. The zero-order chi connectivity index (χ0) is 18.2. The predicted octanol–water partition coefficient (Wildman–Crippen LogP) is 6.37. The summed E-state index contributed by atoms with van der Waals surface area (Å²) in [6.45, 7) is 3.23. The molecule has 0 fully saturated rings. The van der Waals surface area contributed by atoms with Gasteiger partial charge in [-0.3, -0.25) is 4.99 Å². The summed E-state index contributed by atoms with van der Waals surface area (Å²) in [6, 6.07) is 19.6. The second kappa shape index (κ2) is 9.56. The minimum Gasteiger partial charge on any atom is -0.359 e. The lowest BCUT2D eigenvalue weighted by molar-refractivity contribution is 0.484. The number of nitrogens with zero attached hydrogens (tertiary/aromatic N) is 2. The van der Waals surface area contributed by atoms with Crippen molar-refractivity contribution < 1.29 is 0 Å². The second-order valence-electron chi connectivity index (χ2n) is 7.43. The maximum atomic E-state index is 5.24. The number of benzene rings is 2. The maximum absolute atomic E-state index is 5.24. The Morgan fingerprint density at radius 3 is 2.38 bits per heavy atom. The SMILES string of the molecule is CCCCCCCCC1=N[C@H](c2ccccc2)c2ccccc2CN1C. The van der Waals surface area contributed by atoms with Crippen molar-refractivity contribution in [1.82, 2.24) is 4.90 Å². The summed E-state index contributed by atoms with van der Waals surface area (Å²) >= 11 is 0. The lowest BCUT2D eigenvalue weighted by Gasteiger charge is -2.20. The highest BCUT2D eigenvalue weighted by Crippen LogP contribution is 2.32. The number of unbranched alkanes of at least 4 members (excludes halogenated alkanes) is 5. The van der Waals surface area contributed by atoms with E-state index in [1.54, 1.807) is 0 Å². The third kappa shape index (κ3) is 4.75. The van der Waals surface area contributed by atoms with Gasteiger partial charge in [-0.15, -0.1) is 0 Å². The molecule has 26 heavy (non-hydrogen) atoms. The van der Waals surface area contributed by atoms with E-state index in [1.165, 1.54) is 61.1 Å². The standard InChI is InChI=1S/C24H32N2/c1-3-4-5-6-7-11-18-23-25-24(20-14-9-8-10-15-20)22-17-13-12-16-21(22)19-26(23)2/h8-10,12-17,24H,3-7,11,18-19H2,1-2H3/t24-/m1/s1. The average molecular weight is 349 g/mol. The molecule has 0 bridgehead atoms. The number of amidine groups is 1. The molecule has 0 spiro atoms. The molecule has 1 heterocycles. The van der Waals surface area contributed by atoms with Gasteiger partial charge in [-0.1, -0.05) is 93.6 Å². The molecule has 0 saturated heterocycles. The Kier molecular flexibility index (Phi) is 6.88. The van der Waals surface area contributed by atoms with E-state index in [9.17, 15) is 0 Å². The fourth-order valence-corrected chi connectivity index (χ4v) is 3.82. The van der Waals surface area contributed by atoms with Gasteiger partial charge in [-0.05, 0) is 23.1 Å². The summed E-state index contributed by atoms with van der Waals surface area (Å²) < 4.78 is 0. The fraction of sp³-hybridized carbons (Fsp3) is 0.458. The van der Waals surface area contributed by atoms with Crippen LogP contribution in [0.1, 0.15) is 74.6 Å². The molecule has 1 aliphatic rings. The number of aliphatic imine (C=N–C) groups is 1. The van der Waals surface area contributed by atoms with Crippen molar-refractivity contribution in [3.63, 3.8) is 0 Å². The van der Waals surface area contributed by atoms with Crippen molar-refractivity contribution in [2.75, 3.05) is 7.05 Å². The van der Waals surface area contributed by atoms with Gasteiger partial charge in [0.15, 0.2) is 0 Å². The summed E-state index contributed by atoms with van der Waals surface area (Å²) in [5.74, 6) is 1.26. The number of hydrogen-bond donors (Lipinski definition) is 0. The van der Waals surface area contributed by atoms with Crippen molar-refractivity contribution in [2.24, 2.45) is 4.99 Å². The van der Waals surface area contributed by atoms with Gasteiger partial charge in [0.25, 0.3) is 0 Å². The van der Waals surface area contributed by atoms with E-state index in [4.69, 9.17) is 4.99 Å². The first-order chi connectivity index (χ1) is 12.8. The molecule has 3 rings (SSSR count). The molecule has 0 aliphatic carbocycles. The molecule has 0 unspecified atom stereocenters. The molecule has 1 atom stereocenters. The van der Waals surface area contributed by atoms with Crippen LogP contribution >= 0.6 is 0 Å². The normalized spacial score (nSPS) is 16.8. The predicted molar refractivity (Wildman–Crippen MR) is 112 cm³/mol. The summed E-state index contributed by atoms with van der Waals surface area (Å²) in [4.78, 5) is 7.60. The molecule has 1 aliphatic heterocycles. The number of hydrogen-bond acceptors (Lipinski definition) is 2. The van der Waals surface area contributed by atoms with E-state index in [0.29, 0.717) is 0 Å². The Bertz CT molecular complexity index is 705. The highest BCUT2D eigenvalue weighted by Gasteiger charge is 2.22. The van der Waals surface area contributed by atoms with E-state index in [-0.39, 0.29) is 6.04 Å². The quantitative estimate of drug-likeness (QED) is 0.506. The third-order valence-electron chi connectivity index (χ3n) is 5.35. The molecule has 2 nitrogen and oxygen atoms in total. The van der Waals surface area contributed by atoms with Crippen molar-refractivity contribution in [1.29, 1.82) is 0 Å². The highest BCUT2D eigenvalue weighted by molar-refractivity contribution is 5.83. The first kappa shape index (κ1) is 18.7. The summed E-state index contributed by atoms with van der Waals surface area (Å²) in [6.07, 6.45) is 9.04. The van der Waals surface area contributed by atoms with Crippen molar-refractivity contribution in [3.05, 3.63) is 71.3 Å². The monoisotopic (exact) mass is 348 g/mol. The molecule has 0 amide bonds. The topological polar surface area (TPSA) is 15.6 Å². The molecular weight excluding hydrogens is 316 g/mol. The third-order valence-corrected chi connectivity index (χ3v) is 5.35. The van der Waals surface area contributed by atoms with Gasteiger partial charge in [0.05, 0.1) is 0 Å². The van der Waals surface area contributed by atoms with E-state index in [1.807, 2.05) is 0 Å². The summed E-state index contributed by atoms with van der Waals surface area (Å²) in [7, 11) is 2.19. The van der Waals surface area contributed by atoms with Crippen LogP contribution in [0.4, 0.5) is 0 Å². The lowest BCUT2D eigenvalue weighted by Crippen LogP contribution is -2.25. The Morgan fingerprint density at radius 1 is 0.885 bits per heavy atom. The molecule has 138 valence electrons. The van der Waals surface area contributed by atoms with Gasteiger partial charge in [-0.25, -0.2) is 0 Å². The molecule has 0 radical (unpaired) electrons. The van der Waals surface area contributed by atoms with E-state index in [2.05, 4.69) is 73.5 Å². The maximum Gasteiger partial charge on any atom is 0.102 e. The first-order valence-electron chi connectivity index (χ1n) is 10.2. The molecule has 2 aromatic carbocycles. The van der Waals surface area contributed by atoms with Crippen LogP contribution in [0.5, 0.6) is 0 Å². The Hall–Kier alpha value is -2.09. The zero-order valence-corrected chi connectivity index (χ0v) is 16.3. The number of rotatable bonds is 8. The van der Waals surface area contributed by atoms with Crippen LogP contribution in [0.25, 0.3) is 0 Å². The Labute approximate surface area is 159 Å². The Balaban J connectivity index is 1.78. The molecule has 2 heteroatoms. The van der Waals surface area contributed by atoms with Crippen LogP contribution in [-0.2, 0) is 6.54 Å². The number of fused-ring (bicyclic) bond motifs is 1. The van der Waals surface area contributed by atoms with Crippen molar-refractivity contribution >= 4 is 5.84 Å². The van der Waals surface area contributed by atoms with Gasteiger partial charge in [0, 0.05) is 20.0 Å². The van der Waals surface area contributed by atoms with Gasteiger partial charge < -0.3 is 4.90 Å². The summed E-state index contributed by atoms with van der Waals surface area (Å²) in [5, 5.41) is 0. The smallest absolute Gasteiger partial charge is 0.102 e. The zero-order valence-electron chi connectivity index (χ0n) is 16.3. The van der Waals surface area contributed by atoms with E-state index in [0.717, 1.165) is 13.0 Å². The molecule has 2 aromatic rings. The fourth-order valence-electron chi connectivity index (χ4n) is 3.82. The van der Waals surface area contributed by atoms with Gasteiger partial charge in [0.2, 0.25) is 0 Å². The molecule has 0 saturated carbocycles. The van der Waals surface area contributed by atoms with Gasteiger partial charge in [-0.2, -0.15) is 0 Å². The van der Waals surface area contributed by atoms with Crippen LogP contribution < -0.4 is 0 Å². The van der Waals surface area contributed by atoms with Crippen LogP contribution in [0.2, 0.25) is 0 Å². The molecule has 0 N–H and O–H groups in total. The highest BCUT2D eigenvalue weighted by atomic mass is 15.2. The van der Waals surface area contributed by atoms with Crippen LogP contribution in [-0.4, -0.2) is 17.8 Å². The molecular formula is C24H32N2. The van der Waals surface area contributed by atoms with Crippen molar-refractivity contribution in [3.8, 4) is 0 Å². The largest absolute Gasteiger partial charge is 0.359 e. The molecule has 0 aromatic heterocycles. The van der Waals surface area contributed by atoms with Crippen LogP contribution in [0.15, 0.2) is 59.6 Å². The minimum absolute atomic E-state index is 0.118. The van der Waals surface area contributed by atoms with E-state index < -0.39 is 0 Å². The van der Waals surface area contributed by atoms with E-state index >= 15 is 0 Å². The van der Waals surface area contributed by atoms with Crippen LogP contribution in [0.3, 0.4) is 0 Å². The first-order valence-corrected chi connectivity index (χ1v) is 10.2. The van der Waals surface area contributed by atoms with Gasteiger partial charge >= 0.3 is 0 Å². The van der Waals surface area contributed by atoms with Crippen LogP contribution in [0, 0.1) is 0 Å². The average Bonchev–Trinajstić information content (AvgIpc) is 2.81. The lowest BCUT2D eigenvalue weighted by atomic mass is 9.95. The minimum atomic E-state index is 0.118. The van der Waals surface area contributed by atoms with Gasteiger partial charge in [0.1, 0.15) is 11.9 Å².